The van der Waals surface area contributed by atoms with E-state index < -0.39 is 23.9 Å². The molecule has 0 aliphatic rings. The summed E-state index contributed by atoms with van der Waals surface area (Å²) in [7, 11) is 1.19. The van der Waals surface area contributed by atoms with Gasteiger partial charge in [-0.1, -0.05) is 0 Å². The zero-order valence-electron chi connectivity index (χ0n) is 8.44. The van der Waals surface area contributed by atoms with Gasteiger partial charge in [0.2, 0.25) is 11.9 Å². The first-order chi connectivity index (χ1) is 7.02. The maximum atomic E-state index is 12.7. The molecular formula is C9H11ClF2N2O2. The zero-order chi connectivity index (χ0) is 11.4. The van der Waals surface area contributed by atoms with E-state index in [4.69, 9.17) is 5.73 Å². The van der Waals surface area contributed by atoms with Crippen molar-refractivity contribution in [2.75, 3.05) is 7.11 Å². The highest BCUT2D eigenvalue weighted by Crippen LogP contribution is 2.06. The summed E-state index contributed by atoms with van der Waals surface area (Å²) in [6.07, 6.45) is 0.00301. The molecular weight excluding hydrogens is 242 g/mol. The van der Waals surface area contributed by atoms with E-state index in [0.29, 0.717) is 0 Å². The van der Waals surface area contributed by atoms with Crippen molar-refractivity contribution in [3.63, 3.8) is 0 Å². The van der Waals surface area contributed by atoms with Gasteiger partial charge in [0.1, 0.15) is 6.04 Å². The van der Waals surface area contributed by atoms with Crippen LogP contribution in [0.1, 0.15) is 5.56 Å². The van der Waals surface area contributed by atoms with Crippen LogP contribution in [0, 0.1) is 11.9 Å². The summed E-state index contributed by atoms with van der Waals surface area (Å²) in [5.41, 5.74) is 5.68. The number of methoxy groups -OCH3 is 1. The van der Waals surface area contributed by atoms with Gasteiger partial charge in [0.25, 0.3) is 0 Å². The Kier molecular flexibility index (Phi) is 5.84. The van der Waals surface area contributed by atoms with Crippen molar-refractivity contribution < 1.29 is 18.3 Å². The van der Waals surface area contributed by atoms with E-state index in [1.807, 2.05) is 0 Å². The lowest BCUT2D eigenvalue weighted by Gasteiger charge is -2.08. The van der Waals surface area contributed by atoms with Crippen molar-refractivity contribution in [1.82, 2.24) is 4.98 Å². The lowest BCUT2D eigenvalue weighted by atomic mass is 10.1. The Morgan fingerprint density at radius 2 is 2.00 bits per heavy atom. The van der Waals surface area contributed by atoms with Gasteiger partial charge in [-0.15, -0.1) is 12.4 Å². The Morgan fingerprint density at radius 3 is 2.44 bits per heavy atom. The molecule has 0 radical (unpaired) electrons. The molecule has 0 bridgehead atoms. The van der Waals surface area contributed by atoms with Crippen LogP contribution >= 0.6 is 12.4 Å². The van der Waals surface area contributed by atoms with Gasteiger partial charge in [-0.2, -0.15) is 13.8 Å². The second-order valence-electron chi connectivity index (χ2n) is 2.95. The van der Waals surface area contributed by atoms with Gasteiger partial charge in [-0.05, 0) is 24.1 Å². The van der Waals surface area contributed by atoms with Gasteiger partial charge in [-0.3, -0.25) is 4.79 Å². The third kappa shape index (κ3) is 4.08. The molecule has 16 heavy (non-hydrogen) atoms. The highest BCUT2D eigenvalue weighted by atomic mass is 35.5. The number of ether oxygens (including phenoxy) is 1. The normalized spacial score (nSPS) is 11.5. The topological polar surface area (TPSA) is 65.2 Å². The number of carbonyl (C=O) groups excluding carboxylic acids is 1. The molecule has 4 nitrogen and oxygen atoms in total. The number of hydrogen-bond donors (Lipinski definition) is 1. The molecule has 0 saturated carbocycles. The molecule has 0 amide bonds. The third-order valence-corrected chi connectivity index (χ3v) is 1.78. The van der Waals surface area contributed by atoms with Gasteiger partial charge in [-0.25, -0.2) is 0 Å². The van der Waals surface area contributed by atoms with Crippen LogP contribution in [0.5, 0.6) is 0 Å². The van der Waals surface area contributed by atoms with E-state index in [9.17, 15) is 13.6 Å². The van der Waals surface area contributed by atoms with Crippen molar-refractivity contribution in [3.05, 3.63) is 29.6 Å². The first kappa shape index (κ1) is 14.7. The number of rotatable bonds is 3. The molecule has 0 spiro atoms. The first-order valence-electron chi connectivity index (χ1n) is 4.18. The predicted octanol–water partition coefficient (Wildman–Crippen LogP) is 0.824. The molecule has 0 aromatic carbocycles. The summed E-state index contributed by atoms with van der Waals surface area (Å²) >= 11 is 0. The van der Waals surface area contributed by atoms with E-state index in [1.54, 1.807) is 0 Å². The summed E-state index contributed by atoms with van der Waals surface area (Å²) in [5, 5.41) is 0. The first-order valence-corrected chi connectivity index (χ1v) is 4.18. The van der Waals surface area contributed by atoms with Crippen LogP contribution in [0.25, 0.3) is 0 Å². The molecule has 0 fully saturated rings. The monoisotopic (exact) mass is 252 g/mol. The number of hydrogen-bond acceptors (Lipinski definition) is 4. The molecule has 0 saturated heterocycles. The lowest BCUT2D eigenvalue weighted by molar-refractivity contribution is -0.142. The number of aromatic nitrogens is 1. The molecule has 1 unspecified atom stereocenters. The summed E-state index contributed by atoms with van der Waals surface area (Å²) in [5.74, 6) is -2.52. The van der Waals surface area contributed by atoms with Gasteiger partial charge in [0, 0.05) is 0 Å². The fraction of sp³-hybridized carbons (Fsp3) is 0.333. The van der Waals surface area contributed by atoms with Gasteiger partial charge in [0.15, 0.2) is 0 Å². The lowest BCUT2D eigenvalue weighted by Crippen LogP contribution is -2.33. The van der Waals surface area contributed by atoms with E-state index in [2.05, 4.69) is 9.72 Å². The summed E-state index contributed by atoms with van der Waals surface area (Å²) < 4.78 is 29.7. The smallest absolute Gasteiger partial charge is 0.322 e. The van der Waals surface area contributed by atoms with Crippen LogP contribution in [0.2, 0.25) is 0 Å². The SMILES string of the molecule is COC(=O)C(N)Cc1cc(F)nc(F)c1.Cl. The van der Waals surface area contributed by atoms with E-state index >= 15 is 0 Å². The van der Waals surface area contributed by atoms with Gasteiger partial charge < -0.3 is 10.5 Å². The predicted molar refractivity (Wildman–Crippen MR) is 55.1 cm³/mol. The van der Waals surface area contributed by atoms with E-state index in [1.165, 1.54) is 7.11 Å². The molecule has 0 aliphatic carbocycles. The number of halogens is 3. The highest BCUT2D eigenvalue weighted by Gasteiger charge is 2.15. The highest BCUT2D eigenvalue weighted by molar-refractivity contribution is 5.85. The summed E-state index contributed by atoms with van der Waals surface area (Å²) in [6, 6.07) is 1.11. The number of esters is 1. The quantitative estimate of drug-likeness (QED) is 0.639. The molecule has 0 aliphatic heterocycles. The van der Waals surface area contributed by atoms with Crippen molar-refractivity contribution in [1.29, 1.82) is 0 Å². The number of nitrogens with zero attached hydrogens (tertiary/aromatic N) is 1. The third-order valence-electron chi connectivity index (χ3n) is 1.78. The minimum atomic E-state index is -0.943. The van der Waals surface area contributed by atoms with Crippen LogP contribution in [0.4, 0.5) is 8.78 Å². The number of nitrogens with two attached hydrogens (primary N) is 1. The fourth-order valence-electron chi connectivity index (χ4n) is 1.12. The van der Waals surface area contributed by atoms with Crippen molar-refractivity contribution in [3.8, 4) is 0 Å². The number of pyridine rings is 1. The zero-order valence-corrected chi connectivity index (χ0v) is 9.26. The van der Waals surface area contributed by atoms with Crippen LogP contribution in [0.3, 0.4) is 0 Å². The summed E-state index contributed by atoms with van der Waals surface area (Å²) in [6.45, 7) is 0. The van der Waals surface area contributed by atoms with Gasteiger partial charge in [0.05, 0.1) is 7.11 Å². The Bertz CT molecular complexity index is 356. The average molecular weight is 253 g/mol. The van der Waals surface area contributed by atoms with Crippen molar-refractivity contribution in [2.45, 2.75) is 12.5 Å². The summed E-state index contributed by atoms with van der Waals surface area (Å²) in [4.78, 5) is 13.9. The maximum Gasteiger partial charge on any atom is 0.322 e. The molecule has 1 rings (SSSR count). The van der Waals surface area contributed by atoms with Crippen LogP contribution < -0.4 is 5.73 Å². The second kappa shape index (κ2) is 6.34. The Balaban J connectivity index is 0.00000225. The molecule has 7 heteroatoms. The standard InChI is InChI=1S/C9H10F2N2O2.ClH/c1-15-9(14)6(12)2-5-3-7(10)13-8(11)4-5;/h3-4,6H,2,12H2,1H3;1H. The Morgan fingerprint density at radius 1 is 1.50 bits per heavy atom. The van der Waals surface area contributed by atoms with Crippen LogP contribution in [-0.2, 0) is 16.0 Å². The maximum absolute atomic E-state index is 12.7. The molecule has 1 aromatic heterocycles. The molecule has 1 atom stereocenters. The second-order valence-corrected chi connectivity index (χ2v) is 2.95. The largest absolute Gasteiger partial charge is 0.468 e. The number of carbonyl (C=O) groups is 1. The molecule has 1 aromatic rings. The van der Waals surface area contributed by atoms with Gasteiger partial charge >= 0.3 is 5.97 Å². The fourth-order valence-corrected chi connectivity index (χ4v) is 1.12. The molecule has 90 valence electrons. The molecule has 2 N–H and O–H groups in total. The Hall–Kier alpha value is -1.27. The molecule has 1 heterocycles. The van der Waals surface area contributed by atoms with Crippen LogP contribution in [-0.4, -0.2) is 24.1 Å². The van der Waals surface area contributed by atoms with Crippen LogP contribution in [0.15, 0.2) is 12.1 Å². The average Bonchev–Trinajstić information content (AvgIpc) is 2.14. The minimum Gasteiger partial charge on any atom is -0.468 e. The van der Waals surface area contributed by atoms with Crippen molar-refractivity contribution in [2.24, 2.45) is 5.73 Å². The van der Waals surface area contributed by atoms with Crippen molar-refractivity contribution >= 4 is 18.4 Å². The van der Waals surface area contributed by atoms with E-state index in [0.717, 1.165) is 12.1 Å². The Labute approximate surface area is 97.2 Å². The van der Waals surface area contributed by atoms with E-state index in [-0.39, 0.29) is 24.4 Å². The minimum absolute atomic E-state index is 0.